The largest absolute Gasteiger partial charge is 0.465 e. The quantitative estimate of drug-likeness (QED) is 0.306. The molecule has 0 radical (unpaired) electrons. The summed E-state index contributed by atoms with van der Waals surface area (Å²) in [5.74, 6) is -3.16. The average molecular weight is 347 g/mol. The third kappa shape index (κ3) is 4.99. The molecule has 1 saturated heterocycles. The van der Waals surface area contributed by atoms with E-state index in [9.17, 15) is 19.8 Å². The summed E-state index contributed by atoms with van der Waals surface area (Å²) in [4.78, 5) is 23.5. The molecule has 4 N–H and O–H groups in total. The first kappa shape index (κ1) is 20.5. The molecule has 9 nitrogen and oxygen atoms in total. The van der Waals surface area contributed by atoms with Crippen LogP contribution in [0.15, 0.2) is 12.7 Å². The molecule has 2 unspecified atom stereocenters. The lowest BCUT2D eigenvalue weighted by atomic mass is 9.90. The molecular formula is C15H25NO8. The second-order valence-electron chi connectivity index (χ2n) is 5.57. The van der Waals surface area contributed by atoms with Crippen molar-refractivity contribution in [3.63, 3.8) is 0 Å². The Hall–Kier alpha value is -1.52. The minimum absolute atomic E-state index is 0.0398. The lowest BCUT2D eigenvalue weighted by Crippen LogP contribution is -2.64. The van der Waals surface area contributed by atoms with E-state index in [2.05, 4.69) is 11.9 Å². The fraction of sp³-hybridized carbons (Fsp3) is 0.733. The van der Waals surface area contributed by atoms with Crippen LogP contribution in [-0.4, -0.2) is 77.7 Å². The van der Waals surface area contributed by atoms with Gasteiger partial charge in [0.15, 0.2) is 0 Å². The molecule has 1 aliphatic rings. The van der Waals surface area contributed by atoms with Crippen LogP contribution in [0, 0.1) is 0 Å². The molecule has 0 spiro atoms. The molecule has 0 aromatic rings. The maximum atomic E-state index is 12.2. The molecule has 9 heteroatoms. The number of hydrogen-bond acceptors (Lipinski definition) is 8. The van der Waals surface area contributed by atoms with Gasteiger partial charge in [-0.2, -0.15) is 0 Å². The number of carbonyl (C=O) groups excluding carboxylic acids is 2. The van der Waals surface area contributed by atoms with Crippen molar-refractivity contribution in [2.45, 2.75) is 49.9 Å². The van der Waals surface area contributed by atoms with Gasteiger partial charge in [0.05, 0.1) is 44.7 Å². The number of amides is 1. The Morgan fingerprint density at radius 2 is 2.21 bits per heavy atom. The zero-order valence-corrected chi connectivity index (χ0v) is 13.8. The van der Waals surface area contributed by atoms with E-state index in [-0.39, 0.29) is 19.4 Å². The molecule has 1 heterocycles. The Bertz CT molecular complexity index is 457. The van der Waals surface area contributed by atoms with E-state index in [0.717, 1.165) is 7.11 Å². The van der Waals surface area contributed by atoms with Gasteiger partial charge in [0.2, 0.25) is 5.91 Å². The summed E-state index contributed by atoms with van der Waals surface area (Å²) in [5, 5.41) is 31.7. The highest BCUT2D eigenvalue weighted by atomic mass is 16.7. The fourth-order valence-corrected chi connectivity index (χ4v) is 2.61. The van der Waals surface area contributed by atoms with E-state index in [1.165, 1.54) is 13.0 Å². The molecule has 1 aliphatic heterocycles. The van der Waals surface area contributed by atoms with Crippen LogP contribution in [0.1, 0.15) is 19.8 Å². The predicted octanol–water partition coefficient (Wildman–Crippen LogP) is -1.54. The molecule has 1 rings (SSSR count). The summed E-state index contributed by atoms with van der Waals surface area (Å²) in [6, 6.07) is -0.881. The number of carbonyl (C=O) groups is 2. The summed E-state index contributed by atoms with van der Waals surface area (Å²) < 4.78 is 15.8. The number of hydrogen-bond donors (Lipinski definition) is 4. The van der Waals surface area contributed by atoms with Crippen LogP contribution in [0.2, 0.25) is 0 Å². The summed E-state index contributed by atoms with van der Waals surface area (Å²) >= 11 is 0. The summed E-state index contributed by atoms with van der Waals surface area (Å²) in [6.07, 6.45) is -2.34. The van der Waals surface area contributed by atoms with Gasteiger partial charge in [0, 0.05) is 19.8 Å². The summed E-state index contributed by atoms with van der Waals surface area (Å²) in [6.45, 7) is 4.18. The molecule has 138 valence electrons. The Morgan fingerprint density at radius 3 is 2.71 bits per heavy atom. The van der Waals surface area contributed by atoms with Crippen LogP contribution in [0.5, 0.6) is 0 Å². The lowest BCUT2D eigenvalue weighted by molar-refractivity contribution is -0.296. The number of methoxy groups -OCH3 is 1. The number of aliphatic hydroxyl groups is 3. The summed E-state index contributed by atoms with van der Waals surface area (Å²) in [5.41, 5.74) is 0. The number of ether oxygens (including phenoxy) is 3. The minimum atomic E-state index is -1.89. The number of nitrogens with one attached hydrogen (secondary N) is 1. The second kappa shape index (κ2) is 9.09. The number of rotatable bonds is 8. The van der Waals surface area contributed by atoms with Gasteiger partial charge < -0.3 is 34.8 Å². The zero-order chi connectivity index (χ0) is 18.3. The van der Waals surface area contributed by atoms with E-state index >= 15 is 0 Å². The van der Waals surface area contributed by atoms with Gasteiger partial charge in [-0.1, -0.05) is 6.08 Å². The third-order valence-electron chi connectivity index (χ3n) is 3.65. The topological polar surface area (TPSA) is 135 Å². The number of aliphatic hydroxyl groups excluding tert-OH is 3. The van der Waals surface area contributed by atoms with Crippen molar-refractivity contribution in [2.24, 2.45) is 0 Å². The van der Waals surface area contributed by atoms with Gasteiger partial charge in [-0.15, -0.1) is 6.58 Å². The highest BCUT2D eigenvalue weighted by Crippen LogP contribution is 2.34. The van der Waals surface area contributed by atoms with Gasteiger partial charge in [0.1, 0.15) is 0 Å². The average Bonchev–Trinajstić information content (AvgIpc) is 2.54. The van der Waals surface area contributed by atoms with Crippen molar-refractivity contribution in [2.75, 3.05) is 20.3 Å². The fourth-order valence-electron chi connectivity index (χ4n) is 2.61. The normalized spacial score (nSPS) is 31.1. The molecule has 0 aliphatic carbocycles. The Kier molecular flexibility index (Phi) is 7.77. The van der Waals surface area contributed by atoms with Crippen LogP contribution >= 0.6 is 0 Å². The second-order valence-corrected chi connectivity index (χ2v) is 5.57. The molecule has 1 fully saturated rings. The molecule has 0 saturated carbocycles. The SMILES string of the molecule is C=CCO[C@]1(C(=O)OC)C[C@@H](O)[C@@H](NC(C)=O)C(CC(O)CO)O1. The van der Waals surface area contributed by atoms with Crippen molar-refractivity contribution in [1.29, 1.82) is 0 Å². The standard InChI is InChI=1S/C15H25NO8/c1-4-5-23-15(14(21)22-3)7-11(20)13(16-9(2)18)12(24-15)6-10(19)8-17/h4,10-13,17,19-20H,1,5-8H2,2-3H3,(H,16,18)/t10?,11-,12?,13-,15-/m1/s1. The summed E-state index contributed by atoms with van der Waals surface area (Å²) in [7, 11) is 1.15. The smallest absolute Gasteiger partial charge is 0.366 e. The van der Waals surface area contributed by atoms with Crippen molar-refractivity contribution >= 4 is 11.9 Å². The molecule has 5 atom stereocenters. The van der Waals surface area contributed by atoms with Crippen LogP contribution < -0.4 is 5.32 Å². The molecular weight excluding hydrogens is 322 g/mol. The van der Waals surface area contributed by atoms with E-state index in [1.807, 2.05) is 0 Å². The molecule has 0 bridgehead atoms. The van der Waals surface area contributed by atoms with Crippen LogP contribution in [0.25, 0.3) is 0 Å². The van der Waals surface area contributed by atoms with Crippen LogP contribution in [0.4, 0.5) is 0 Å². The Labute approximate surface area is 140 Å². The van der Waals surface area contributed by atoms with Crippen LogP contribution in [0.3, 0.4) is 0 Å². The van der Waals surface area contributed by atoms with E-state index in [4.69, 9.17) is 19.3 Å². The van der Waals surface area contributed by atoms with Crippen molar-refractivity contribution in [1.82, 2.24) is 5.32 Å². The van der Waals surface area contributed by atoms with Crippen LogP contribution in [-0.2, 0) is 23.8 Å². The predicted molar refractivity (Wildman–Crippen MR) is 81.7 cm³/mol. The molecule has 0 aromatic heterocycles. The highest BCUT2D eigenvalue weighted by Gasteiger charge is 2.53. The Balaban J connectivity index is 3.11. The van der Waals surface area contributed by atoms with E-state index in [1.54, 1.807) is 0 Å². The van der Waals surface area contributed by atoms with E-state index < -0.39 is 48.6 Å². The Morgan fingerprint density at radius 1 is 1.54 bits per heavy atom. The van der Waals surface area contributed by atoms with Crippen molar-refractivity contribution in [3.05, 3.63) is 12.7 Å². The maximum Gasteiger partial charge on any atom is 0.366 e. The number of esters is 1. The maximum absolute atomic E-state index is 12.2. The lowest BCUT2D eigenvalue weighted by Gasteiger charge is -2.45. The third-order valence-corrected chi connectivity index (χ3v) is 3.65. The minimum Gasteiger partial charge on any atom is -0.465 e. The van der Waals surface area contributed by atoms with Gasteiger partial charge in [-0.05, 0) is 0 Å². The first-order valence-electron chi connectivity index (χ1n) is 7.54. The van der Waals surface area contributed by atoms with Crippen molar-refractivity contribution in [3.8, 4) is 0 Å². The molecule has 24 heavy (non-hydrogen) atoms. The van der Waals surface area contributed by atoms with Gasteiger partial charge in [0.25, 0.3) is 5.79 Å². The highest BCUT2D eigenvalue weighted by molar-refractivity contribution is 5.78. The molecule has 0 aromatic carbocycles. The monoisotopic (exact) mass is 347 g/mol. The molecule has 1 amide bonds. The van der Waals surface area contributed by atoms with Gasteiger partial charge in [-0.25, -0.2) is 4.79 Å². The van der Waals surface area contributed by atoms with Gasteiger partial charge >= 0.3 is 5.97 Å². The first-order chi connectivity index (χ1) is 11.3. The van der Waals surface area contributed by atoms with Gasteiger partial charge in [-0.3, -0.25) is 4.79 Å². The van der Waals surface area contributed by atoms with E-state index in [0.29, 0.717) is 0 Å². The van der Waals surface area contributed by atoms with Crippen molar-refractivity contribution < 1.29 is 39.1 Å². The zero-order valence-electron chi connectivity index (χ0n) is 13.8. The first-order valence-corrected chi connectivity index (χ1v) is 7.54.